The molecule has 0 aliphatic carbocycles. The highest BCUT2D eigenvalue weighted by Gasteiger charge is 2.22. The van der Waals surface area contributed by atoms with Crippen molar-refractivity contribution in [2.45, 2.75) is 12.5 Å². The molecule has 2 heterocycles. The Morgan fingerprint density at radius 3 is 2.73 bits per heavy atom. The number of hydrogen-bond donors (Lipinski definition) is 4. The monoisotopic (exact) mass is 446 g/mol. The SMILES string of the molecule is CNC(=O)c1cnc(Nc2ccc3c(c2)CCN(C)C3=O)nc1N[C@H](CO)c1ccccc1. The van der Waals surface area contributed by atoms with Crippen LogP contribution in [0.3, 0.4) is 0 Å². The first kappa shape index (κ1) is 22.2. The molecular formula is C24H26N6O3. The Balaban J connectivity index is 1.62. The van der Waals surface area contributed by atoms with E-state index in [9.17, 15) is 14.7 Å². The molecule has 9 nitrogen and oxygen atoms in total. The van der Waals surface area contributed by atoms with Crippen molar-refractivity contribution in [2.24, 2.45) is 0 Å². The van der Waals surface area contributed by atoms with E-state index in [2.05, 4.69) is 25.9 Å². The summed E-state index contributed by atoms with van der Waals surface area (Å²) in [5.74, 6) is 0.250. The van der Waals surface area contributed by atoms with E-state index in [1.807, 2.05) is 36.4 Å². The molecule has 2 aromatic carbocycles. The quantitative estimate of drug-likeness (QED) is 0.440. The number of aromatic nitrogens is 2. The third kappa shape index (κ3) is 4.78. The molecule has 3 aromatic rings. The van der Waals surface area contributed by atoms with Gasteiger partial charge in [0.15, 0.2) is 0 Å². The molecule has 1 atom stereocenters. The van der Waals surface area contributed by atoms with Gasteiger partial charge in [0.05, 0.1) is 12.6 Å². The number of aliphatic hydroxyl groups excluding tert-OH is 1. The second-order valence-electron chi connectivity index (χ2n) is 7.80. The van der Waals surface area contributed by atoms with Gasteiger partial charge in [-0.25, -0.2) is 4.98 Å². The maximum absolute atomic E-state index is 12.4. The zero-order valence-electron chi connectivity index (χ0n) is 18.5. The Hall–Kier alpha value is -3.98. The molecule has 170 valence electrons. The second-order valence-corrected chi connectivity index (χ2v) is 7.80. The number of hydrogen-bond acceptors (Lipinski definition) is 7. The summed E-state index contributed by atoms with van der Waals surface area (Å²) < 4.78 is 0. The highest BCUT2D eigenvalue weighted by Crippen LogP contribution is 2.26. The normalized spacial score (nSPS) is 13.8. The Labute approximate surface area is 191 Å². The van der Waals surface area contributed by atoms with E-state index in [-0.39, 0.29) is 29.9 Å². The highest BCUT2D eigenvalue weighted by atomic mass is 16.3. The Morgan fingerprint density at radius 2 is 2.00 bits per heavy atom. The minimum absolute atomic E-state index is 0.0106. The van der Waals surface area contributed by atoms with Gasteiger partial charge in [0, 0.05) is 38.1 Å². The zero-order chi connectivity index (χ0) is 23.4. The molecule has 0 bridgehead atoms. The average Bonchev–Trinajstić information content (AvgIpc) is 2.85. The molecule has 0 spiro atoms. The molecule has 0 radical (unpaired) electrons. The number of aliphatic hydroxyl groups is 1. The smallest absolute Gasteiger partial charge is 0.256 e. The van der Waals surface area contributed by atoms with Gasteiger partial charge < -0.3 is 26.0 Å². The van der Waals surface area contributed by atoms with Gasteiger partial charge in [-0.05, 0) is 35.7 Å². The lowest BCUT2D eigenvalue weighted by Gasteiger charge is -2.25. The van der Waals surface area contributed by atoms with Crippen molar-refractivity contribution in [1.29, 1.82) is 0 Å². The molecule has 4 rings (SSSR count). The number of carbonyl (C=O) groups is 2. The van der Waals surface area contributed by atoms with Gasteiger partial charge in [-0.2, -0.15) is 4.98 Å². The third-order valence-electron chi connectivity index (χ3n) is 5.61. The van der Waals surface area contributed by atoms with Crippen LogP contribution in [-0.2, 0) is 6.42 Å². The fourth-order valence-electron chi connectivity index (χ4n) is 3.75. The standard InChI is InChI=1S/C24H26N6O3/c1-25-22(32)19-13-26-24(29-21(19)28-20(14-31)15-6-4-3-5-7-15)27-17-8-9-18-16(12-17)10-11-30(2)23(18)33/h3-9,12-13,20,31H,10-11,14H2,1-2H3,(H,25,32)(H2,26,27,28,29)/t20-/m1/s1. The van der Waals surface area contributed by atoms with E-state index >= 15 is 0 Å². The average molecular weight is 447 g/mol. The number of amides is 2. The molecule has 0 unspecified atom stereocenters. The lowest BCUT2D eigenvalue weighted by Crippen LogP contribution is -2.34. The molecule has 0 saturated carbocycles. The summed E-state index contributed by atoms with van der Waals surface area (Å²) in [6, 6.07) is 14.5. The predicted molar refractivity (Wildman–Crippen MR) is 126 cm³/mol. The molecule has 1 aliphatic rings. The van der Waals surface area contributed by atoms with E-state index < -0.39 is 6.04 Å². The predicted octanol–water partition coefficient (Wildman–Crippen LogP) is 2.35. The van der Waals surface area contributed by atoms with Crippen LogP contribution in [0.4, 0.5) is 17.5 Å². The molecule has 9 heteroatoms. The minimum atomic E-state index is -0.455. The van der Waals surface area contributed by atoms with Gasteiger partial charge in [-0.1, -0.05) is 30.3 Å². The van der Waals surface area contributed by atoms with Crippen LogP contribution in [0.2, 0.25) is 0 Å². The summed E-state index contributed by atoms with van der Waals surface area (Å²) in [5.41, 5.74) is 3.53. The molecule has 0 saturated heterocycles. The molecule has 1 aromatic heterocycles. The van der Waals surface area contributed by atoms with Crippen molar-refractivity contribution < 1.29 is 14.7 Å². The largest absolute Gasteiger partial charge is 0.394 e. The number of benzene rings is 2. The van der Waals surface area contributed by atoms with Crippen molar-refractivity contribution >= 4 is 29.3 Å². The Morgan fingerprint density at radius 1 is 1.21 bits per heavy atom. The first-order chi connectivity index (χ1) is 16.0. The van der Waals surface area contributed by atoms with Crippen LogP contribution >= 0.6 is 0 Å². The summed E-state index contributed by atoms with van der Waals surface area (Å²) in [4.78, 5) is 35.2. The summed E-state index contributed by atoms with van der Waals surface area (Å²) >= 11 is 0. The fraction of sp³-hybridized carbons (Fsp3) is 0.250. The van der Waals surface area contributed by atoms with Crippen LogP contribution < -0.4 is 16.0 Å². The Kier molecular flexibility index (Phi) is 6.50. The van der Waals surface area contributed by atoms with Crippen LogP contribution in [0.5, 0.6) is 0 Å². The van der Waals surface area contributed by atoms with Gasteiger partial charge in [-0.3, -0.25) is 9.59 Å². The maximum Gasteiger partial charge on any atom is 0.256 e. The number of nitrogens with one attached hydrogen (secondary N) is 3. The van der Waals surface area contributed by atoms with Crippen LogP contribution in [0.25, 0.3) is 0 Å². The van der Waals surface area contributed by atoms with Crippen molar-refractivity contribution in [1.82, 2.24) is 20.2 Å². The summed E-state index contributed by atoms with van der Waals surface area (Å²) in [6.45, 7) is 0.486. The number of nitrogens with zero attached hydrogens (tertiary/aromatic N) is 3. The molecule has 0 fully saturated rings. The second kappa shape index (κ2) is 9.66. The summed E-state index contributed by atoms with van der Waals surface area (Å²) in [5, 5.41) is 18.8. The van der Waals surface area contributed by atoms with Gasteiger partial charge >= 0.3 is 0 Å². The van der Waals surface area contributed by atoms with E-state index in [0.29, 0.717) is 17.9 Å². The van der Waals surface area contributed by atoms with Gasteiger partial charge in [0.1, 0.15) is 11.4 Å². The van der Waals surface area contributed by atoms with E-state index in [1.54, 1.807) is 24.1 Å². The Bertz CT molecular complexity index is 1170. The lowest BCUT2D eigenvalue weighted by atomic mass is 9.99. The molecular weight excluding hydrogens is 420 g/mol. The zero-order valence-corrected chi connectivity index (χ0v) is 18.5. The summed E-state index contributed by atoms with van der Waals surface area (Å²) in [7, 11) is 3.33. The van der Waals surface area contributed by atoms with Crippen molar-refractivity contribution in [3.63, 3.8) is 0 Å². The third-order valence-corrected chi connectivity index (χ3v) is 5.61. The van der Waals surface area contributed by atoms with Crippen molar-refractivity contribution in [3.05, 3.63) is 77.0 Å². The topological polar surface area (TPSA) is 119 Å². The van der Waals surface area contributed by atoms with Crippen LogP contribution in [-0.4, -0.2) is 59.0 Å². The van der Waals surface area contributed by atoms with Crippen molar-refractivity contribution in [3.8, 4) is 0 Å². The number of rotatable bonds is 7. The molecule has 1 aliphatic heterocycles. The van der Waals surface area contributed by atoms with Gasteiger partial charge in [0.2, 0.25) is 5.95 Å². The number of carbonyl (C=O) groups excluding carboxylic acids is 2. The molecule has 4 N–H and O–H groups in total. The van der Waals surface area contributed by atoms with Crippen LogP contribution in [0, 0.1) is 0 Å². The number of fused-ring (bicyclic) bond motifs is 1. The maximum atomic E-state index is 12.4. The highest BCUT2D eigenvalue weighted by molar-refractivity contribution is 5.99. The number of likely N-dealkylation sites (N-methyl/N-ethyl adjacent to an activating group) is 1. The van der Waals surface area contributed by atoms with Crippen molar-refractivity contribution in [2.75, 3.05) is 37.9 Å². The minimum Gasteiger partial charge on any atom is -0.394 e. The van der Waals surface area contributed by atoms with E-state index in [0.717, 1.165) is 23.2 Å². The first-order valence-electron chi connectivity index (χ1n) is 10.7. The molecule has 2 amide bonds. The fourth-order valence-corrected chi connectivity index (χ4v) is 3.75. The van der Waals surface area contributed by atoms with E-state index in [4.69, 9.17) is 0 Å². The van der Waals surface area contributed by atoms with E-state index in [1.165, 1.54) is 13.2 Å². The van der Waals surface area contributed by atoms with Crippen LogP contribution in [0.1, 0.15) is 37.9 Å². The van der Waals surface area contributed by atoms with Gasteiger partial charge in [0.25, 0.3) is 11.8 Å². The van der Waals surface area contributed by atoms with Crippen LogP contribution in [0.15, 0.2) is 54.7 Å². The number of anilines is 3. The first-order valence-corrected chi connectivity index (χ1v) is 10.7. The summed E-state index contributed by atoms with van der Waals surface area (Å²) in [6.07, 6.45) is 2.21. The van der Waals surface area contributed by atoms with Gasteiger partial charge in [-0.15, -0.1) is 0 Å². The molecule has 33 heavy (non-hydrogen) atoms. The lowest BCUT2D eigenvalue weighted by molar-refractivity contribution is 0.0780.